The zero-order valence-corrected chi connectivity index (χ0v) is 27.9. The van der Waals surface area contributed by atoms with Gasteiger partial charge in [0, 0.05) is 12.0 Å². The number of hydrogen-bond acceptors (Lipinski definition) is 7. The summed E-state index contributed by atoms with van der Waals surface area (Å²) in [5, 5.41) is 0. The van der Waals surface area contributed by atoms with Crippen LogP contribution < -0.4 is 19.7 Å². The number of methoxy groups -OCH3 is 1. The van der Waals surface area contributed by atoms with Gasteiger partial charge in [-0.25, -0.2) is 4.79 Å². The molecule has 0 aromatic heterocycles. The Morgan fingerprint density at radius 2 is 1.51 bits per heavy atom. The van der Waals surface area contributed by atoms with E-state index in [2.05, 4.69) is 53.7 Å². The van der Waals surface area contributed by atoms with Crippen molar-refractivity contribution >= 4 is 18.6 Å². The van der Waals surface area contributed by atoms with Crippen LogP contribution in [0.25, 0.3) is 0 Å². The molecule has 0 unspecified atom stereocenters. The number of rotatable bonds is 14. The van der Waals surface area contributed by atoms with E-state index < -0.39 is 5.97 Å². The standard InChI is InChI=1S/C37H47BO7/c1-8-14-27-31(17-12-18-32(27)43-33-16-11-10-15-28(33)35(39)40-7)41-21-13-22-42-34-24-29(26-19-20-26)30(23-25(34)9-2)38-44-36(3,4)37(5,6)45-38/h10-12,15-18,23-24,26H,8-9,13-14,19-22H2,1-7H3. The Morgan fingerprint density at radius 1 is 0.867 bits per heavy atom. The third-order valence-corrected chi connectivity index (χ3v) is 9.08. The Labute approximate surface area is 268 Å². The molecule has 1 aliphatic carbocycles. The molecule has 0 N–H and O–H groups in total. The molecule has 5 rings (SSSR count). The molecule has 0 atom stereocenters. The van der Waals surface area contributed by atoms with E-state index in [1.807, 2.05) is 24.3 Å². The van der Waals surface area contributed by atoms with Gasteiger partial charge in [0.1, 0.15) is 28.6 Å². The zero-order valence-electron chi connectivity index (χ0n) is 27.9. The van der Waals surface area contributed by atoms with E-state index >= 15 is 0 Å². The molecule has 45 heavy (non-hydrogen) atoms. The van der Waals surface area contributed by atoms with Gasteiger partial charge in [-0.1, -0.05) is 44.5 Å². The van der Waals surface area contributed by atoms with Gasteiger partial charge in [-0.3, -0.25) is 0 Å². The van der Waals surface area contributed by atoms with Crippen molar-refractivity contribution in [1.82, 2.24) is 0 Å². The molecule has 3 aromatic rings. The first-order chi connectivity index (χ1) is 21.6. The fourth-order valence-electron chi connectivity index (χ4n) is 5.64. The van der Waals surface area contributed by atoms with Crippen molar-refractivity contribution in [2.45, 2.75) is 97.2 Å². The molecule has 3 aromatic carbocycles. The van der Waals surface area contributed by atoms with Gasteiger partial charge < -0.3 is 28.3 Å². The molecule has 1 aliphatic heterocycles. The number of ether oxygens (including phenoxy) is 4. The Morgan fingerprint density at radius 3 is 2.16 bits per heavy atom. The second kappa shape index (κ2) is 13.9. The highest BCUT2D eigenvalue weighted by Gasteiger charge is 2.52. The van der Waals surface area contributed by atoms with Crippen LogP contribution in [-0.4, -0.2) is 44.6 Å². The zero-order chi connectivity index (χ0) is 32.2. The van der Waals surface area contributed by atoms with Gasteiger partial charge in [-0.2, -0.15) is 0 Å². The highest BCUT2D eigenvalue weighted by atomic mass is 16.7. The second-order valence-corrected chi connectivity index (χ2v) is 12.9. The van der Waals surface area contributed by atoms with Gasteiger partial charge in [0.15, 0.2) is 0 Å². The molecule has 0 spiro atoms. The Bertz CT molecular complexity index is 1480. The van der Waals surface area contributed by atoms with E-state index in [0.29, 0.717) is 36.2 Å². The quantitative estimate of drug-likeness (QED) is 0.104. The summed E-state index contributed by atoms with van der Waals surface area (Å²) in [6.07, 6.45) is 5.65. The lowest BCUT2D eigenvalue weighted by molar-refractivity contribution is 0.00578. The van der Waals surface area contributed by atoms with Crippen molar-refractivity contribution in [3.05, 3.63) is 76.9 Å². The first kappa shape index (κ1) is 32.9. The van der Waals surface area contributed by atoms with E-state index in [1.165, 1.54) is 25.5 Å². The minimum absolute atomic E-state index is 0.371. The SMILES string of the molecule is CCCc1c(OCCCOc2cc(C3CC3)c(B3OC(C)(C)C(C)(C)O3)cc2CC)cccc1Oc1ccccc1C(=O)OC. The number of benzene rings is 3. The van der Waals surface area contributed by atoms with Crippen LogP contribution in [0, 0.1) is 0 Å². The maximum Gasteiger partial charge on any atom is 0.495 e. The molecule has 1 saturated heterocycles. The molecule has 7 nitrogen and oxygen atoms in total. The third-order valence-electron chi connectivity index (χ3n) is 9.08. The Balaban J connectivity index is 1.24. The summed E-state index contributed by atoms with van der Waals surface area (Å²) in [5.41, 5.74) is 4.18. The molecule has 8 heteroatoms. The molecule has 1 heterocycles. The number of carbonyl (C=O) groups excluding carboxylic acids is 1. The van der Waals surface area contributed by atoms with Crippen LogP contribution >= 0.6 is 0 Å². The summed E-state index contributed by atoms with van der Waals surface area (Å²) in [6.45, 7) is 13.7. The van der Waals surface area contributed by atoms with Crippen LogP contribution in [0.1, 0.15) is 100 Å². The molecule has 0 bridgehead atoms. The number of carbonyl (C=O) groups is 1. The number of aryl methyl sites for hydroxylation is 1. The average Bonchev–Trinajstić information content (AvgIpc) is 3.84. The van der Waals surface area contributed by atoms with E-state index in [1.54, 1.807) is 18.2 Å². The van der Waals surface area contributed by atoms with Crippen molar-refractivity contribution in [1.29, 1.82) is 0 Å². The van der Waals surface area contributed by atoms with Crippen LogP contribution in [-0.2, 0) is 26.9 Å². The van der Waals surface area contributed by atoms with Crippen molar-refractivity contribution in [2.24, 2.45) is 0 Å². The van der Waals surface area contributed by atoms with Gasteiger partial charge >= 0.3 is 13.1 Å². The average molecular weight is 615 g/mol. The van der Waals surface area contributed by atoms with Crippen molar-refractivity contribution in [3.63, 3.8) is 0 Å². The summed E-state index contributed by atoms with van der Waals surface area (Å²) in [5.74, 6) is 2.93. The maximum absolute atomic E-state index is 12.3. The smallest absolute Gasteiger partial charge is 0.493 e. The summed E-state index contributed by atoms with van der Waals surface area (Å²) in [6, 6.07) is 17.4. The third kappa shape index (κ3) is 7.34. The number of para-hydroxylation sites is 1. The van der Waals surface area contributed by atoms with E-state index in [0.717, 1.165) is 53.8 Å². The van der Waals surface area contributed by atoms with Gasteiger partial charge in [0.25, 0.3) is 0 Å². The largest absolute Gasteiger partial charge is 0.495 e. The first-order valence-corrected chi connectivity index (χ1v) is 16.3. The molecular weight excluding hydrogens is 567 g/mol. The number of esters is 1. The summed E-state index contributed by atoms with van der Waals surface area (Å²) in [7, 11) is 0.996. The summed E-state index contributed by atoms with van der Waals surface area (Å²) < 4.78 is 36.7. The number of hydrogen-bond donors (Lipinski definition) is 0. The fraction of sp³-hybridized carbons (Fsp3) is 0.486. The van der Waals surface area contributed by atoms with E-state index in [9.17, 15) is 4.79 Å². The molecule has 0 amide bonds. The second-order valence-electron chi connectivity index (χ2n) is 12.9. The van der Waals surface area contributed by atoms with Gasteiger partial charge in [-0.05, 0) is 106 Å². The first-order valence-electron chi connectivity index (χ1n) is 16.3. The van der Waals surface area contributed by atoms with Gasteiger partial charge in [-0.15, -0.1) is 0 Å². The van der Waals surface area contributed by atoms with E-state index in [4.69, 9.17) is 28.3 Å². The van der Waals surface area contributed by atoms with Crippen LogP contribution in [0.2, 0.25) is 0 Å². The molecule has 1 saturated carbocycles. The van der Waals surface area contributed by atoms with Crippen LogP contribution in [0.5, 0.6) is 23.0 Å². The highest BCUT2D eigenvalue weighted by molar-refractivity contribution is 6.62. The Hall–Kier alpha value is -3.49. The van der Waals surface area contributed by atoms with Gasteiger partial charge in [0.05, 0.1) is 31.5 Å². The van der Waals surface area contributed by atoms with Crippen molar-refractivity contribution in [3.8, 4) is 23.0 Å². The lowest BCUT2D eigenvalue weighted by atomic mass is 9.73. The molecule has 2 aliphatic rings. The predicted octanol–water partition coefficient (Wildman–Crippen LogP) is 7.80. The molecule has 0 radical (unpaired) electrons. The molecule has 2 fully saturated rings. The van der Waals surface area contributed by atoms with E-state index in [-0.39, 0.29) is 18.3 Å². The fourth-order valence-corrected chi connectivity index (χ4v) is 5.64. The summed E-state index contributed by atoms with van der Waals surface area (Å²) >= 11 is 0. The minimum atomic E-state index is -0.437. The van der Waals surface area contributed by atoms with Crippen LogP contribution in [0.4, 0.5) is 0 Å². The van der Waals surface area contributed by atoms with Crippen molar-refractivity contribution < 1.29 is 33.1 Å². The maximum atomic E-state index is 12.3. The lowest BCUT2D eigenvalue weighted by Gasteiger charge is -2.32. The Kier molecular flexibility index (Phi) is 10.1. The molecule has 240 valence electrons. The predicted molar refractivity (Wildman–Crippen MR) is 177 cm³/mol. The van der Waals surface area contributed by atoms with Crippen molar-refractivity contribution in [2.75, 3.05) is 20.3 Å². The van der Waals surface area contributed by atoms with Crippen LogP contribution in [0.15, 0.2) is 54.6 Å². The topological polar surface area (TPSA) is 72.5 Å². The highest BCUT2D eigenvalue weighted by Crippen LogP contribution is 2.43. The monoisotopic (exact) mass is 614 g/mol. The molecular formula is C37H47BO7. The van der Waals surface area contributed by atoms with Crippen LogP contribution in [0.3, 0.4) is 0 Å². The lowest BCUT2D eigenvalue weighted by Crippen LogP contribution is -2.41. The van der Waals surface area contributed by atoms with Gasteiger partial charge in [0.2, 0.25) is 0 Å². The normalized spacial score (nSPS) is 16.8. The minimum Gasteiger partial charge on any atom is -0.493 e. The summed E-state index contributed by atoms with van der Waals surface area (Å²) in [4.78, 5) is 12.3.